The molecule has 0 aliphatic rings. The predicted molar refractivity (Wildman–Crippen MR) is 88.9 cm³/mol. The average molecular weight is 282 g/mol. The van der Waals surface area contributed by atoms with Crippen LogP contribution in [-0.4, -0.2) is 5.91 Å². The maximum atomic E-state index is 12.6. The largest absolute Gasteiger partial charge is 0.399 e. The highest BCUT2D eigenvalue weighted by Crippen LogP contribution is 2.24. The smallest absolute Gasteiger partial charge is 0.256 e. The highest BCUT2D eigenvalue weighted by atomic mass is 16.1. The molecule has 1 amide bonds. The number of hydrogen-bond acceptors (Lipinski definition) is 2. The van der Waals surface area contributed by atoms with Crippen molar-refractivity contribution in [1.82, 2.24) is 0 Å². The minimum absolute atomic E-state index is 0.0720. The van der Waals surface area contributed by atoms with Crippen LogP contribution in [0.5, 0.6) is 0 Å². The fourth-order valence-corrected chi connectivity index (χ4v) is 2.70. The van der Waals surface area contributed by atoms with E-state index in [-0.39, 0.29) is 5.91 Å². The summed E-state index contributed by atoms with van der Waals surface area (Å²) in [5.41, 5.74) is 13.3. The molecule has 0 unspecified atom stereocenters. The number of rotatable bonds is 2. The van der Waals surface area contributed by atoms with Gasteiger partial charge in [0, 0.05) is 16.9 Å². The zero-order chi connectivity index (χ0) is 15.7. The molecule has 21 heavy (non-hydrogen) atoms. The SMILES string of the molecule is Cc1cc(C)c(C(=O)Nc2cc(C)c(N)cc2C)c(C)c1. The molecule has 0 heterocycles. The molecule has 0 spiro atoms. The van der Waals surface area contributed by atoms with Crippen molar-refractivity contribution in [2.75, 3.05) is 11.1 Å². The lowest BCUT2D eigenvalue weighted by Crippen LogP contribution is -2.16. The van der Waals surface area contributed by atoms with E-state index in [0.29, 0.717) is 0 Å². The van der Waals surface area contributed by atoms with Gasteiger partial charge in [0.15, 0.2) is 0 Å². The number of nitrogens with one attached hydrogen (secondary N) is 1. The predicted octanol–water partition coefficient (Wildman–Crippen LogP) is 4.06. The molecular formula is C18H22N2O. The summed E-state index contributed by atoms with van der Waals surface area (Å²) in [7, 11) is 0. The summed E-state index contributed by atoms with van der Waals surface area (Å²) in [6.07, 6.45) is 0. The van der Waals surface area contributed by atoms with Gasteiger partial charge in [0.25, 0.3) is 5.91 Å². The first kappa shape index (κ1) is 15.1. The van der Waals surface area contributed by atoms with Crippen LogP contribution in [0.15, 0.2) is 24.3 Å². The molecule has 0 aromatic heterocycles. The second-order valence-electron chi connectivity index (χ2n) is 5.75. The van der Waals surface area contributed by atoms with Crippen molar-refractivity contribution in [2.24, 2.45) is 0 Å². The molecule has 3 N–H and O–H groups in total. The molecule has 0 aliphatic heterocycles. The third kappa shape index (κ3) is 3.07. The van der Waals surface area contributed by atoms with Crippen molar-refractivity contribution in [2.45, 2.75) is 34.6 Å². The van der Waals surface area contributed by atoms with Crippen LogP contribution >= 0.6 is 0 Å². The van der Waals surface area contributed by atoms with Gasteiger partial charge in [-0.05, 0) is 69.0 Å². The number of anilines is 2. The van der Waals surface area contributed by atoms with E-state index >= 15 is 0 Å². The molecule has 0 saturated carbocycles. The maximum absolute atomic E-state index is 12.6. The van der Waals surface area contributed by atoms with Crippen LogP contribution in [-0.2, 0) is 0 Å². The molecule has 0 radical (unpaired) electrons. The van der Waals surface area contributed by atoms with Crippen LogP contribution in [0.1, 0.15) is 38.2 Å². The number of benzene rings is 2. The summed E-state index contributed by atoms with van der Waals surface area (Å²) in [6, 6.07) is 7.87. The molecule has 3 nitrogen and oxygen atoms in total. The van der Waals surface area contributed by atoms with Crippen LogP contribution in [0.2, 0.25) is 0 Å². The minimum Gasteiger partial charge on any atom is -0.399 e. The molecule has 2 aromatic rings. The van der Waals surface area contributed by atoms with E-state index in [4.69, 9.17) is 5.73 Å². The number of carbonyl (C=O) groups excluding carboxylic acids is 1. The summed E-state index contributed by atoms with van der Waals surface area (Å²) in [5.74, 6) is -0.0720. The van der Waals surface area contributed by atoms with E-state index < -0.39 is 0 Å². The van der Waals surface area contributed by atoms with E-state index in [1.807, 2.05) is 58.9 Å². The zero-order valence-corrected chi connectivity index (χ0v) is 13.3. The van der Waals surface area contributed by atoms with Gasteiger partial charge in [0.2, 0.25) is 0 Å². The summed E-state index contributed by atoms with van der Waals surface area (Å²) < 4.78 is 0. The van der Waals surface area contributed by atoms with E-state index in [1.54, 1.807) is 0 Å². The van der Waals surface area contributed by atoms with E-state index in [9.17, 15) is 4.79 Å². The number of amides is 1. The van der Waals surface area contributed by atoms with Gasteiger partial charge in [-0.2, -0.15) is 0 Å². The molecule has 0 aliphatic carbocycles. The van der Waals surface area contributed by atoms with Crippen molar-refractivity contribution in [3.8, 4) is 0 Å². The standard InChI is InChI=1S/C18H22N2O/c1-10-6-13(4)17(14(5)7-10)18(21)20-16-9-11(2)15(19)8-12(16)3/h6-9H,19H2,1-5H3,(H,20,21). The van der Waals surface area contributed by atoms with Crippen LogP contribution < -0.4 is 11.1 Å². The zero-order valence-electron chi connectivity index (χ0n) is 13.3. The van der Waals surface area contributed by atoms with E-state index in [1.165, 1.54) is 5.56 Å². The molecule has 0 bridgehead atoms. The van der Waals surface area contributed by atoms with Gasteiger partial charge in [0.1, 0.15) is 0 Å². The van der Waals surface area contributed by atoms with Gasteiger partial charge >= 0.3 is 0 Å². The Morgan fingerprint density at radius 1 is 0.857 bits per heavy atom. The van der Waals surface area contributed by atoms with Crippen LogP contribution in [0.25, 0.3) is 0 Å². The van der Waals surface area contributed by atoms with Gasteiger partial charge in [-0.1, -0.05) is 17.7 Å². The number of hydrogen-bond donors (Lipinski definition) is 2. The van der Waals surface area contributed by atoms with Crippen molar-refractivity contribution in [1.29, 1.82) is 0 Å². The third-order valence-corrected chi connectivity index (χ3v) is 3.77. The molecule has 110 valence electrons. The average Bonchev–Trinajstić information content (AvgIpc) is 2.34. The number of nitrogen functional groups attached to an aromatic ring is 1. The van der Waals surface area contributed by atoms with Crippen molar-refractivity contribution in [3.63, 3.8) is 0 Å². The van der Waals surface area contributed by atoms with Crippen molar-refractivity contribution >= 4 is 17.3 Å². The lowest BCUT2D eigenvalue weighted by Gasteiger charge is -2.14. The fraction of sp³-hybridized carbons (Fsp3) is 0.278. The van der Waals surface area contributed by atoms with Gasteiger partial charge in [-0.25, -0.2) is 0 Å². The Morgan fingerprint density at radius 3 is 2.00 bits per heavy atom. The maximum Gasteiger partial charge on any atom is 0.256 e. The molecule has 0 fully saturated rings. The van der Waals surface area contributed by atoms with Crippen molar-refractivity contribution in [3.05, 3.63) is 57.6 Å². The highest BCUT2D eigenvalue weighted by Gasteiger charge is 2.14. The third-order valence-electron chi connectivity index (χ3n) is 3.77. The Balaban J connectivity index is 2.37. The van der Waals surface area contributed by atoms with Crippen LogP contribution in [0.4, 0.5) is 11.4 Å². The van der Waals surface area contributed by atoms with Crippen LogP contribution in [0, 0.1) is 34.6 Å². The highest BCUT2D eigenvalue weighted by molar-refractivity contribution is 6.06. The lowest BCUT2D eigenvalue weighted by molar-refractivity contribution is 0.102. The van der Waals surface area contributed by atoms with Crippen LogP contribution in [0.3, 0.4) is 0 Å². The molecule has 2 aromatic carbocycles. The molecule has 0 saturated heterocycles. The molecule has 3 heteroatoms. The second kappa shape index (κ2) is 5.60. The normalized spacial score (nSPS) is 10.5. The van der Waals surface area contributed by atoms with E-state index in [0.717, 1.165) is 39.2 Å². The summed E-state index contributed by atoms with van der Waals surface area (Å²) >= 11 is 0. The Kier molecular flexibility index (Phi) is 4.03. The minimum atomic E-state index is -0.0720. The van der Waals surface area contributed by atoms with E-state index in [2.05, 4.69) is 5.32 Å². The van der Waals surface area contributed by atoms with Gasteiger partial charge in [-0.15, -0.1) is 0 Å². The Morgan fingerprint density at radius 2 is 1.43 bits per heavy atom. The monoisotopic (exact) mass is 282 g/mol. The summed E-state index contributed by atoms with van der Waals surface area (Å²) in [6.45, 7) is 9.86. The first-order valence-corrected chi connectivity index (χ1v) is 7.05. The topological polar surface area (TPSA) is 55.1 Å². The van der Waals surface area contributed by atoms with Crippen molar-refractivity contribution < 1.29 is 4.79 Å². The molecular weight excluding hydrogens is 260 g/mol. The Labute approximate surface area is 126 Å². The van der Waals surface area contributed by atoms with Gasteiger partial charge < -0.3 is 11.1 Å². The first-order valence-electron chi connectivity index (χ1n) is 7.05. The fourth-order valence-electron chi connectivity index (χ4n) is 2.70. The second-order valence-corrected chi connectivity index (χ2v) is 5.75. The van der Waals surface area contributed by atoms with Gasteiger partial charge in [-0.3, -0.25) is 4.79 Å². The Hall–Kier alpha value is -2.29. The Bertz CT molecular complexity index is 694. The quantitative estimate of drug-likeness (QED) is 0.816. The first-order chi connectivity index (χ1) is 9.79. The number of aryl methyl sites for hydroxylation is 5. The molecule has 0 atom stereocenters. The lowest BCUT2D eigenvalue weighted by atomic mass is 9.99. The number of nitrogens with two attached hydrogens (primary N) is 1. The summed E-state index contributed by atoms with van der Waals surface area (Å²) in [5, 5.41) is 3.00. The van der Waals surface area contributed by atoms with Gasteiger partial charge in [0.05, 0.1) is 0 Å². The molecule has 2 rings (SSSR count). The summed E-state index contributed by atoms with van der Waals surface area (Å²) in [4.78, 5) is 12.6. The number of carbonyl (C=O) groups is 1.